The first-order valence-electron chi connectivity index (χ1n) is 5.79. The third-order valence-corrected chi connectivity index (χ3v) is 3.13. The van der Waals surface area contributed by atoms with Gasteiger partial charge in [-0.3, -0.25) is 10.00 Å². The summed E-state index contributed by atoms with van der Waals surface area (Å²) in [5.74, 6) is 0.675. The molecule has 1 aromatic rings. The zero-order valence-corrected chi connectivity index (χ0v) is 10.1. The van der Waals surface area contributed by atoms with Gasteiger partial charge in [0.15, 0.2) is 0 Å². The third-order valence-electron chi connectivity index (χ3n) is 3.13. The van der Waals surface area contributed by atoms with Gasteiger partial charge in [0.2, 0.25) is 0 Å². The molecular formula is C11H18N4O2. The number of hydrogen-bond acceptors (Lipinski definition) is 3. The van der Waals surface area contributed by atoms with E-state index in [4.69, 9.17) is 4.74 Å². The molecule has 2 rings (SSSR count). The first-order chi connectivity index (χ1) is 8.20. The standard InChI is InChI=1S/C11H18N4O2/c1-15-10(6-7-12-15)14-11(16)13-8-4-3-5-9(8)17-2/h6-9H,3-5H2,1-2H3,(H2,13,14,16)/t8-,9-/m0/s1. The van der Waals surface area contributed by atoms with E-state index < -0.39 is 0 Å². The van der Waals surface area contributed by atoms with Crippen LogP contribution in [0, 0.1) is 0 Å². The Bertz CT molecular complexity index is 391. The van der Waals surface area contributed by atoms with Crippen LogP contribution in [0.3, 0.4) is 0 Å². The predicted octanol–water partition coefficient (Wildman–Crippen LogP) is 1.11. The van der Waals surface area contributed by atoms with E-state index in [9.17, 15) is 4.79 Å². The summed E-state index contributed by atoms with van der Waals surface area (Å²) in [5, 5.41) is 9.67. The van der Waals surface area contributed by atoms with Gasteiger partial charge in [0.1, 0.15) is 5.82 Å². The molecule has 0 saturated heterocycles. The van der Waals surface area contributed by atoms with Crippen molar-refractivity contribution in [1.29, 1.82) is 0 Å². The van der Waals surface area contributed by atoms with E-state index in [0.29, 0.717) is 5.82 Å². The Morgan fingerprint density at radius 1 is 1.59 bits per heavy atom. The second kappa shape index (κ2) is 5.18. The van der Waals surface area contributed by atoms with Crippen molar-refractivity contribution < 1.29 is 9.53 Å². The number of aryl methyl sites for hydroxylation is 1. The van der Waals surface area contributed by atoms with Crippen molar-refractivity contribution in [3.8, 4) is 0 Å². The van der Waals surface area contributed by atoms with Crippen LogP contribution < -0.4 is 10.6 Å². The number of ether oxygens (including phenoxy) is 1. The van der Waals surface area contributed by atoms with Crippen molar-refractivity contribution in [1.82, 2.24) is 15.1 Å². The Balaban J connectivity index is 1.87. The number of hydrogen-bond donors (Lipinski definition) is 2. The number of nitrogens with zero attached hydrogens (tertiary/aromatic N) is 2. The average Bonchev–Trinajstić information content (AvgIpc) is 2.89. The van der Waals surface area contributed by atoms with Crippen molar-refractivity contribution in [3.05, 3.63) is 12.3 Å². The third kappa shape index (κ3) is 2.76. The quantitative estimate of drug-likeness (QED) is 0.828. The lowest BCUT2D eigenvalue weighted by atomic mass is 10.2. The first kappa shape index (κ1) is 11.9. The molecule has 6 nitrogen and oxygen atoms in total. The van der Waals surface area contributed by atoms with Crippen molar-refractivity contribution in [2.24, 2.45) is 7.05 Å². The monoisotopic (exact) mass is 238 g/mol. The van der Waals surface area contributed by atoms with Crippen LogP contribution in [0.25, 0.3) is 0 Å². The largest absolute Gasteiger partial charge is 0.379 e. The van der Waals surface area contributed by atoms with Crippen molar-refractivity contribution >= 4 is 11.8 Å². The predicted molar refractivity (Wildman–Crippen MR) is 63.8 cm³/mol. The highest BCUT2D eigenvalue weighted by Crippen LogP contribution is 2.21. The maximum absolute atomic E-state index is 11.8. The number of rotatable bonds is 3. The number of anilines is 1. The van der Waals surface area contributed by atoms with Crippen LogP contribution >= 0.6 is 0 Å². The lowest BCUT2D eigenvalue weighted by Crippen LogP contribution is -2.43. The molecular weight excluding hydrogens is 220 g/mol. The molecule has 0 bridgehead atoms. The lowest BCUT2D eigenvalue weighted by Gasteiger charge is -2.19. The summed E-state index contributed by atoms with van der Waals surface area (Å²) >= 11 is 0. The second-order valence-electron chi connectivity index (χ2n) is 4.25. The minimum atomic E-state index is -0.206. The maximum atomic E-state index is 11.8. The summed E-state index contributed by atoms with van der Waals surface area (Å²) in [6, 6.07) is 1.65. The Hall–Kier alpha value is -1.56. The maximum Gasteiger partial charge on any atom is 0.320 e. The van der Waals surface area contributed by atoms with Crippen LogP contribution in [-0.4, -0.2) is 35.1 Å². The van der Waals surface area contributed by atoms with Gasteiger partial charge >= 0.3 is 6.03 Å². The molecule has 2 N–H and O–H groups in total. The molecule has 0 unspecified atom stereocenters. The molecule has 1 saturated carbocycles. The molecule has 17 heavy (non-hydrogen) atoms. The average molecular weight is 238 g/mol. The fourth-order valence-corrected chi connectivity index (χ4v) is 2.19. The highest BCUT2D eigenvalue weighted by molar-refractivity contribution is 5.88. The van der Waals surface area contributed by atoms with E-state index in [0.717, 1.165) is 19.3 Å². The number of carbonyl (C=O) groups is 1. The van der Waals surface area contributed by atoms with Gasteiger partial charge in [-0.15, -0.1) is 0 Å². The van der Waals surface area contributed by atoms with Gasteiger partial charge in [0.25, 0.3) is 0 Å². The van der Waals surface area contributed by atoms with Gasteiger partial charge < -0.3 is 10.1 Å². The SMILES string of the molecule is CO[C@H]1CCC[C@@H]1NC(=O)Nc1ccnn1C. The Kier molecular flexibility index (Phi) is 3.63. The highest BCUT2D eigenvalue weighted by Gasteiger charge is 2.28. The molecule has 1 aliphatic carbocycles. The van der Waals surface area contributed by atoms with Crippen LogP contribution in [0.1, 0.15) is 19.3 Å². The van der Waals surface area contributed by atoms with Crippen molar-refractivity contribution in [3.63, 3.8) is 0 Å². The fourth-order valence-electron chi connectivity index (χ4n) is 2.19. The Labute approximate surface area is 100 Å². The molecule has 6 heteroatoms. The highest BCUT2D eigenvalue weighted by atomic mass is 16.5. The summed E-state index contributed by atoms with van der Waals surface area (Å²) in [7, 11) is 3.47. The molecule has 0 aliphatic heterocycles. The Morgan fingerprint density at radius 3 is 3.06 bits per heavy atom. The van der Waals surface area contributed by atoms with Gasteiger partial charge in [0.05, 0.1) is 18.3 Å². The molecule has 1 aliphatic rings. The van der Waals surface area contributed by atoms with E-state index in [1.165, 1.54) is 0 Å². The van der Waals surface area contributed by atoms with Gasteiger partial charge in [-0.2, -0.15) is 5.10 Å². The van der Waals surface area contributed by atoms with Gasteiger partial charge in [0, 0.05) is 20.2 Å². The number of carbonyl (C=O) groups excluding carboxylic acids is 1. The van der Waals surface area contributed by atoms with Gasteiger partial charge in [-0.05, 0) is 19.3 Å². The van der Waals surface area contributed by atoms with Crippen LogP contribution in [0.2, 0.25) is 0 Å². The van der Waals surface area contributed by atoms with Crippen LogP contribution in [0.15, 0.2) is 12.3 Å². The molecule has 94 valence electrons. The van der Waals surface area contributed by atoms with Crippen molar-refractivity contribution in [2.45, 2.75) is 31.4 Å². The van der Waals surface area contributed by atoms with Crippen molar-refractivity contribution in [2.75, 3.05) is 12.4 Å². The van der Waals surface area contributed by atoms with Gasteiger partial charge in [-0.25, -0.2) is 4.79 Å². The fraction of sp³-hybridized carbons (Fsp3) is 0.636. The molecule has 0 aromatic carbocycles. The summed E-state index contributed by atoms with van der Waals surface area (Å²) in [5.41, 5.74) is 0. The van der Waals surface area contributed by atoms with E-state index >= 15 is 0 Å². The summed E-state index contributed by atoms with van der Waals surface area (Å²) in [4.78, 5) is 11.8. The summed E-state index contributed by atoms with van der Waals surface area (Å²) in [6.45, 7) is 0. The minimum absolute atomic E-state index is 0.105. The summed E-state index contributed by atoms with van der Waals surface area (Å²) in [6.07, 6.45) is 4.84. The smallest absolute Gasteiger partial charge is 0.320 e. The zero-order chi connectivity index (χ0) is 12.3. The van der Waals surface area contributed by atoms with Crippen LogP contribution in [0.4, 0.5) is 10.6 Å². The zero-order valence-electron chi connectivity index (χ0n) is 10.1. The van der Waals surface area contributed by atoms with E-state index in [2.05, 4.69) is 15.7 Å². The van der Waals surface area contributed by atoms with E-state index in [1.807, 2.05) is 0 Å². The number of amides is 2. The van der Waals surface area contributed by atoms with Gasteiger partial charge in [-0.1, -0.05) is 0 Å². The number of nitrogens with one attached hydrogen (secondary N) is 2. The number of methoxy groups -OCH3 is 1. The molecule has 0 radical (unpaired) electrons. The number of urea groups is 1. The van der Waals surface area contributed by atoms with Crippen LogP contribution in [0.5, 0.6) is 0 Å². The van der Waals surface area contributed by atoms with Crippen LogP contribution in [-0.2, 0) is 11.8 Å². The molecule has 2 atom stereocenters. The topological polar surface area (TPSA) is 68.2 Å². The van der Waals surface area contributed by atoms with E-state index in [-0.39, 0.29) is 18.2 Å². The first-order valence-corrected chi connectivity index (χ1v) is 5.79. The molecule has 1 heterocycles. The summed E-state index contributed by atoms with van der Waals surface area (Å²) < 4.78 is 6.94. The molecule has 1 fully saturated rings. The molecule has 1 aromatic heterocycles. The minimum Gasteiger partial charge on any atom is -0.379 e. The second-order valence-corrected chi connectivity index (χ2v) is 4.25. The Morgan fingerprint density at radius 2 is 2.41 bits per heavy atom. The van der Waals surface area contributed by atoms with E-state index in [1.54, 1.807) is 31.1 Å². The normalized spacial score (nSPS) is 23.6. The molecule has 0 spiro atoms. The lowest BCUT2D eigenvalue weighted by molar-refractivity contribution is 0.0882. The molecule has 2 amide bonds. The number of aromatic nitrogens is 2.